The van der Waals surface area contributed by atoms with E-state index in [9.17, 15) is 0 Å². The Hall–Kier alpha value is -2.40. The number of ether oxygens (including phenoxy) is 1. The number of rotatable bonds is 6. The largest absolute Gasteiger partial charge is 0.370 e. The maximum absolute atomic E-state index is 9.04. The minimum Gasteiger partial charge on any atom is -0.370 e. The first-order chi connectivity index (χ1) is 16.0. The van der Waals surface area contributed by atoms with Crippen molar-refractivity contribution in [2.45, 2.75) is 74.9 Å². The molecule has 0 saturated heterocycles. The summed E-state index contributed by atoms with van der Waals surface area (Å²) in [6, 6.07) is 7.41. The van der Waals surface area contributed by atoms with Crippen LogP contribution < -0.4 is 0 Å². The number of fused-ring (bicyclic) bond motifs is 3. The molecule has 0 spiro atoms. The molecule has 0 radical (unpaired) electrons. The number of halogens is 2. The fourth-order valence-electron chi connectivity index (χ4n) is 5.45. The SMILES string of the molecule is N#Cc1noc(C23CCC(OCc4c(-c5c(Cl)cccc5Cl)noc4C4CC4)(CC2)CC3)n1. The first-order valence-corrected chi connectivity index (χ1v) is 12.1. The lowest BCUT2D eigenvalue weighted by Crippen LogP contribution is -2.49. The van der Waals surface area contributed by atoms with Crippen LogP contribution in [-0.2, 0) is 16.8 Å². The van der Waals surface area contributed by atoms with Gasteiger partial charge in [0.15, 0.2) is 0 Å². The molecular formula is C24H22Cl2N4O3. The van der Waals surface area contributed by atoms with Gasteiger partial charge in [0.05, 0.1) is 27.7 Å². The Balaban J connectivity index is 1.24. The fraction of sp³-hybridized carbons (Fsp3) is 0.500. The van der Waals surface area contributed by atoms with Crippen LogP contribution in [0.5, 0.6) is 0 Å². The molecule has 7 nitrogen and oxygen atoms in total. The number of nitriles is 1. The molecular weight excluding hydrogens is 463 g/mol. The number of benzene rings is 1. The van der Waals surface area contributed by atoms with Crippen molar-refractivity contribution < 1.29 is 13.8 Å². The molecule has 2 aromatic heterocycles. The van der Waals surface area contributed by atoms with Gasteiger partial charge in [0.25, 0.3) is 5.82 Å². The van der Waals surface area contributed by atoms with Gasteiger partial charge in [0.1, 0.15) is 17.5 Å². The molecule has 0 aliphatic heterocycles. The van der Waals surface area contributed by atoms with Crippen LogP contribution in [0.4, 0.5) is 0 Å². The predicted molar refractivity (Wildman–Crippen MR) is 120 cm³/mol. The van der Waals surface area contributed by atoms with E-state index in [-0.39, 0.29) is 16.8 Å². The molecule has 2 heterocycles. The van der Waals surface area contributed by atoms with E-state index in [4.69, 9.17) is 42.2 Å². The fourth-order valence-corrected chi connectivity index (χ4v) is 6.02. The number of hydrogen-bond acceptors (Lipinski definition) is 7. The molecule has 1 aromatic carbocycles. The molecule has 3 aromatic rings. The van der Waals surface area contributed by atoms with Crippen molar-refractivity contribution >= 4 is 23.2 Å². The van der Waals surface area contributed by atoms with E-state index < -0.39 is 0 Å². The third-order valence-corrected chi connectivity index (χ3v) is 8.28. The van der Waals surface area contributed by atoms with Crippen LogP contribution in [0.2, 0.25) is 10.0 Å². The van der Waals surface area contributed by atoms with Crippen LogP contribution >= 0.6 is 23.2 Å². The summed E-state index contributed by atoms with van der Waals surface area (Å²) in [4.78, 5) is 4.30. The van der Waals surface area contributed by atoms with Gasteiger partial charge in [-0.1, -0.05) is 34.4 Å². The minimum absolute atomic E-state index is 0.101. The highest BCUT2D eigenvalue weighted by atomic mass is 35.5. The van der Waals surface area contributed by atoms with Gasteiger partial charge >= 0.3 is 0 Å². The summed E-state index contributed by atoms with van der Waals surface area (Å²) in [5.41, 5.74) is 2.00. The third kappa shape index (κ3) is 3.56. The Bertz CT molecular complexity index is 1210. The number of nitrogens with zero attached hydrogens (tertiary/aromatic N) is 4. The Morgan fingerprint density at radius 3 is 2.33 bits per heavy atom. The van der Waals surface area contributed by atoms with Gasteiger partial charge in [0.2, 0.25) is 5.89 Å². The summed E-state index contributed by atoms with van der Waals surface area (Å²) >= 11 is 13.0. The Labute approximate surface area is 201 Å². The van der Waals surface area contributed by atoms with E-state index >= 15 is 0 Å². The molecule has 0 atom stereocenters. The van der Waals surface area contributed by atoms with E-state index in [1.165, 1.54) is 0 Å². The summed E-state index contributed by atoms with van der Waals surface area (Å²) < 4.78 is 17.9. The lowest BCUT2D eigenvalue weighted by Gasteiger charge is -2.51. The molecule has 170 valence electrons. The van der Waals surface area contributed by atoms with E-state index in [1.807, 2.05) is 24.3 Å². The molecule has 33 heavy (non-hydrogen) atoms. The van der Waals surface area contributed by atoms with Crippen LogP contribution in [0, 0.1) is 11.3 Å². The molecule has 4 aliphatic rings. The zero-order valence-corrected chi connectivity index (χ0v) is 19.5. The maximum Gasteiger partial charge on any atom is 0.273 e. The summed E-state index contributed by atoms with van der Waals surface area (Å²) in [7, 11) is 0. The molecule has 4 fully saturated rings. The summed E-state index contributed by atoms with van der Waals surface area (Å²) in [5, 5.41) is 18.3. The van der Waals surface area contributed by atoms with Gasteiger partial charge < -0.3 is 13.8 Å². The predicted octanol–water partition coefficient (Wildman–Crippen LogP) is 6.34. The van der Waals surface area contributed by atoms with Gasteiger partial charge in [-0.25, -0.2) is 0 Å². The average Bonchev–Trinajstić information content (AvgIpc) is 3.40. The maximum atomic E-state index is 9.04. The topological polar surface area (TPSA) is 98.0 Å². The van der Waals surface area contributed by atoms with Crippen molar-refractivity contribution in [2.24, 2.45) is 0 Å². The standard InChI is InChI=1S/C24H22Cl2N4O3/c25-16-2-1-3-17(26)19(16)20-15(21(32-30-20)14-4-5-14)13-31-24-9-6-23(7-10-24,8-11-24)22-28-18(12-27)29-33-22/h1-3,14H,4-11,13H2. The van der Waals surface area contributed by atoms with Gasteiger partial charge in [0, 0.05) is 17.0 Å². The molecule has 4 aliphatic carbocycles. The van der Waals surface area contributed by atoms with Gasteiger partial charge in [-0.05, 0) is 68.7 Å². The average molecular weight is 485 g/mol. The van der Waals surface area contributed by atoms with Crippen LogP contribution in [0.15, 0.2) is 27.2 Å². The second kappa shape index (κ2) is 7.83. The van der Waals surface area contributed by atoms with Crippen LogP contribution in [0.3, 0.4) is 0 Å². The molecule has 0 unspecified atom stereocenters. The second-order valence-corrected chi connectivity index (χ2v) is 10.3. The van der Waals surface area contributed by atoms with E-state index in [2.05, 4.69) is 15.3 Å². The van der Waals surface area contributed by atoms with E-state index in [1.54, 1.807) is 0 Å². The molecule has 9 heteroatoms. The van der Waals surface area contributed by atoms with Crippen molar-refractivity contribution in [1.29, 1.82) is 5.26 Å². The zero-order valence-electron chi connectivity index (χ0n) is 17.9. The number of hydrogen-bond donors (Lipinski definition) is 0. The lowest BCUT2D eigenvalue weighted by molar-refractivity contribution is -0.130. The van der Waals surface area contributed by atoms with E-state index in [0.29, 0.717) is 39.7 Å². The highest BCUT2D eigenvalue weighted by Crippen LogP contribution is 2.55. The van der Waals surface area contributed by atoms with Crippen LogP contribution in [0.1, 0.15) is 80.3 Å². The molecule has 7 rings (SSSR count). The quantitative estimate of drug-likeness (QED) is 0.402. The van der Waals surface area contributed by atoms with Crippen LogP contribution in [-0.4, -0.2) is 20.9 Å². The first kappa shape index (κ1) is 21.2. The highest BCUT2D eigenvalue weighted by Gasteiger charge is 2.53. The number of aromatic nitrogens is 3. The highest BCUT2D eigenvalue weighted by molar-refractivity contribution is 6.39. The summed E-state index contributed by atoms with van der Waals surface area (Å²) in [6.07, 6.45) is 7.63. The molecule has 0 amide bonds. The monoisotopic (exact) mass is 484 g/mol. The van der Waals surface area contributed by atoms with Crippen molar-refractivity contribution in [3.05, 3.63) is 51.3 Å². The lowest BCUT2D eigenvalue weighted by atomic mass is 9.58. The first-order valence-electron chi connectivity index (χ1n) is 11.3. The van der Waals surface area contributed by atoms with Crippen molar-refractivity contribution in [1.82, 2.24) is 15.3 Å². The van der Waals surface area contributed by atoms with Crippen molar-refractivity contribution in [2.75, 3.05) is 0 Å². The summed E-state index contributed by atoms with van der Waals surface area (Å²) in [6.45, 7) is 0.415. The zero-order chi connectivity index (χ0) is 22.6. The van der Waals surface area contributed by atoms with Gasteiger partial charge in [-0.3, -0.25) is 0 Å². The van der Waals surface area contributed by atoms with Crippen molar-refractivity contribution in [3.8, 4) is 17.3 Å². The summed E-state index contributed by atoms with van der Waals surface area (Å²) in [5.74, 6) is 1.98. The Morgan fingerprint density at radius 1 is 1.03 bits per heavy atom. The van der Waals surface area contributed by atoms with E-state index in [0.717, 1.165) is 62.7 Å². The molecule has 2 bridgehead atoms. The Kier molecular flexibility index (Phi) is 5.02. The smallest absolute Gasteiger partial charge is 0.273 e. The molecule has 0 N–H and O–H groups in total. The van der Waals surface area contributed by atoms with Gasteiger partial charge in [-0.2, -0.15) is 10.2 Å². The normalized spacial score (nSPS) is 26.5. The van der Waals surface area contributed by atoms with Crippen LogP contribution in [0.25, 0.3) is 11.3 Å². The minimum atomic E-state index is -0.195. The van der Waals surface area contributed by atoms with Crippen molar-refractivity contribution in [3.63, 3.8) is 0 Å². The second-order valence-electron chi connectivity index (χ2n) is 9.53. The third-order valence-electron chi connectivity index (χ3n) is 7.65. The molecule has 4 saturated carbocycles. The Morgan fingerprint density at radius 2 is 1.73 bits per heavy atom. The van der Waals surface area contributed by atoms with Gasteiger partial charge in [-0.15, -0.1) is 0 Å².